The average molecular weight is 390 g/mol. The molecule has 1 aliphatic rings. The Morgan fingerprint density at radius 3 is 2.52 bits per heavy atom. The molecule has 0 saturated heterocycles. The molecule has 2 N–H and O–H groups in total. The molecule has 0 aliphatic heterocycles. The Bertz CT molecular complexity index is 995. The van der Waals surface area contributed by atoms with Crippen LogP contribution in [0.2, 0.25) is 0 Å². The molecular weight excluding hydrogens is 364 g/mol. The highest BCUT2D eigenvalue weighted by Gasteiger charge is 2.34. The third-order valence-corrected chi connectivity index (χ3v) is 5.19. The van der Waals surface area contributed by atoms with Crippen LogP contribution in [0.3, 0.4) is 0 Å². The molecule has 29 heavy (non-hydrogen) atoms. The van der Waals surface area contributed by atoms with Crippen molar-refractivity contribution in [2.45, 2.75) is 38.8 Å². The van der Waals surface area contributed by atoms with Gasteiger partial charge < -0.3 is 15.3 Å². The zero-order valence-electron chi connectivity index (χ0n) is 16.7. The summed E-state index contributed by atoms with van der Waals surface area (Å²) in [6, 6.07) is 19.1. The highest BCUT2D eigenvalue weighted by atomic mass is 16.3. The fourth-order valence-electron chi connectivity index (χ4n) is 3.57. The Morgan fingerprint density at radius 2 is 1.86 bits per heavy atom. The number of aliphatic hydroxyl groups is 1. The summed E-state index contributed by atoms with van der Waals surface area (Å²) in [4.78, 5) is 14.9. The number of para-hydroxylation sites is 2. The predicted octanol–water partition coefficient (Wildman–Crippen LogP) is 4.22. The number of carbonyl (C=O) groups is 1. The Hall–Kier alpha value is -3.12. The number of carbonyl (C=O) groups excluding carboxylic acids is 1. The van der Waals surface area contributed by atoms with Gasteiger partial charge in [0.1, 0.15) is 0 Å². The Labute approximate surface area is 170 Å². The van der Waals surface area contributed by atoms with Crippen molar-refractivity contribution >= 4 is 11.7 Å². The van der Waals surface area contributed by atoms with Crippen molar-refractivity contribution in [1.82, 2.24) is 14.7 Å². The first-order valence-corrected chi connectivity index (χ1v) is 9.96. The highest BCUT2D eigenvalue weighted by molar-refractivity contribution is 5.92. The molecule has 150 valence electrons. The van der Waals surface area contributed by atoms with Crippen LogP contribution in [0.5, 0.6) is 0 Å². The molecule has 1 fully saturated rings. The van der Waals surface area contributed by atoms with Crippen LogP contribution in [-0.4, -0.2) is 38.4 Å². The number of aromatic nitrogens is 2. The Balaban J connectivity index is 1.54. The first kappa shape index (κ1) is 19.2. The Morgan fingerprint density at radius 1 is 1.17 bits per heavy atom. The van der Waals surface area contributed by atoms with Gasteiger partial charge in [-0.3, -0.25) is 0 Å². The number of nitrogens with one attached hydrogen (secondary N) is 1. The second kappa shape index (κ2) is 8.09. The monoisotopic (exact) mass is 390 g/mol. The normalized spacial score (nSPS) is 14.4. The maximum atomic E-state index is 13.1. The molecule has 3 aromatic rings. The summed E-state index contributed by atoms with van der Waals surface area (Å²) in [5, 5.41) is 18.2. The van der Waals surface area contributed by atoms with Gasteiger partial charge in [-0.15, -0.1) is 0 Å². The molecule has 1 heterocycles. The van der Waals surface area contributed by atoms with Crippen molar-refractivity contribution in [3.05, 3.63) is 77.6 Å². The van der Waals surface area contributed by atoms with Gasteiger partial charge in [0.2, 0.25) is 0 Å². The van der Waals surface area contributed by atoms with E-state index in [1.165, 1.54) is 0 Å². The Kier molecular flexibility index (Phi) is 5.36. The van der Waals surface area contributed by atoms with Crippen molar-refractivity contribution in [2.75, 3.05) is 11.9 Å². The lowest BCUT2D eigenvalue weighted by atomic mass is 10.1. The first-order valence-electron chi connectivity index (χ1n) is 9.96. The molecule has 1 atom stereocenters. The van der Waals surface area contributed by atoms with E-state index in [0.717, 1.165) is 35.5 Å². The zero-order chi connectivity index (χ0) is 20.4. The second-order valence-electron chi connectivity index (χ2n) is 7.60. The number of urea groups is 1. The summed E-state index contributed by atoms with van der Waals surface area (Å²) in [6.07, 6.45) is 1.22. The van der Waals surface area contributed by atoms with E-state index in [-0.39, 0.29) is 18.6 Å². The largest absolute Gasteiger partial charge is 0.387 e. The number of nitrogens with zero attached hydrogens (tertiary/aromatic N) is 3. The van der Waals surface area contributed by atoms with Gasteiger partial charge in [-0.05, 0) is 50.5 Å². The van der Waals surface area contributed by atoms with Crippen LogP contribution in [0.15, 0.2) is 60.7 Å². The maximum absolute atomic E-state index is 13.1. The molecule has 2 aromatic carbocycles. The number of anilines is 1. The van der Waals surface area contributed by atoms with E-state index in [2.05, 4.69) is 10.4 Å². The smallest absolute Gasteiger partial charge is 0.322 e. The predicted molar refractivity (Wildman–Crippen MR) is 113 cm³/mol. The number of rotatable bonds is 6. The van der Waals surface area contributed by atoms with Gasteiger partial charge in [0.25, 0.3) is 0 Å². The van der Waals surface area contributed by atoms with Crippen molar-refractivity contribution < 1.29 is 9.90 Å². The van der Waals surface area contributed by atoms with Gasteiger partial charge in [-0.25, -0.2) is 9.48 Å². The number of benzene rings is 2. The van der Waals surface area contributed by atoms with Gasteiger partial charge >= 0.3 is 6.03 Å². The lowest BCUT2D eigenvalue weighted by molar-refractivity contribution is 0.123. The van der Waals surface area contributed by atoms with Crippen LogP contribution >= 0.6 is 0 Å². The number of hydrogen-bond acceptors (Lipinski definition) is 3. The van der Waals surface area contributed by atoms with E-state index in [0.29, 0.717) is 5.69 Å². The lowest BCUT2D eigenvalue weighted by Crippen LogP contribution is -2.39. The number of aryl methyl sites for hydroxylation is 2. The molecule has 4 rings (SSSR count). The standard InChI is InChI=1S/C23H26N4O2/c1-16-14-17(2)27(25-16)21-11-7-6-10-20(21)24-23(29)26(19-12-13-19)15-22(28)18-8-4-3-5-9-18/h3-11,14,19,22,28H,12-13,15H2,1-2H3,(H,24,29)/t22-/m1/s1. The van der Waals surface area contributed by atoms with Crippen molar-refractivity contribution in [1.29, 1.82) is 0 Å². The number of amides is 2. The van der Waals surface area contributed by atoms with Crippen molar-refractivity contribution in [2.24, 2.45) is 0 Å². The van der Waals surface area contributed by atoms with Gasteiger partial charge in [0.15, 0.2) is 0 Å². The molecule has 1 aliphatic carbocycles. The van der Waals surface area contributed by atoms with Crippen LogP contribution in [-0.2, 0) is 0 Å². The minimum absolute atomic E-state index is 0.175. The fraction of sp³-hybridized carbons (Fsp3) is 0.304. The molecule has 2 amide bonds. The van der Waals surface area contributed by atoms with Gasteiger partial charge in [-0.2, -0.15) is 5.10 Å². The van der Waals surface area contributed by atoms with Gasteiger partial charge in [0, 0.05) is 11.7 Å². The fourth-order valence-corrected chi connectivity index (χ4v) is 3.57. The highest BCUT2D eigenvalue weighted by Crippen LogP contribution is 2.30. The van der Waals surface area contributed by atoms with Crippen LogP contribution in [0.1, 0.15) is 35.9 Å². The van der Waals surface area contributed by atoms with Crippen molar-refractivity contribution in [3.63, 3.8) is 0 Å². The topological polar surface area (TPSA) is 70.4 Å². The van der Waals surface area contributed by atoms with Crippen LogP contribution < -0.4 is 5.32 Å². The van der Waals surface area contributed by atoms with E-state index in [4.69, 9.17) is 0 Å². The summed E-state index contributed by atoms with van der Waals surface area (Å²) in [5.74, 6) is 0. The molecule has 6 heteroatoms. The number of aliphatic hydroxyl groups excluding tert-OH is 1. The molecule has 0 unspecified atom stereocenters. The SMILES string of the molecule is Cc1cc(C)n(-c2ccccc2NC(=O)N(C[C@@H](O)c2ccccc2)C2CC2)n1. The minimum atomic E-state index is -0.714. The van der Waals surface area contributed by atoms with E-state index in [9.17, 15) is 9.90 Å². The van der Waals surface area contributed by atoms with E-state index >= 15 is 0 Å². The van der Waals surface area contributed by atoms with Gasteiger partial charge in [-0.1, -0.05) is 42.5 Å². The minimum Gasteiger partial charge on any atom is -0.387 e. The van der Waals surface area contributed by atoms with Crippen LogP contribution in [0.4, 0.5) is 10.5 Å². The molecule has 0 radical (unpaired) electrons. The molecular formula is C23H26N4O2. The van der Waals surface area contributed by atoms with Crippen LogP contribution in [0, 0.1) is 13.8 Å². The summed E-state index contributed by atoms with van der Waals surface area (Å²) in [7, 11) is 0. The average Bonchev–Trinajstić information content (AvgIpc) is 3.50. The summed E-state index contributed by atoms with van der Waals surface area (Å²) in [6.45, 7) is 4.21. The van der Waals surface area contributed by atoms with Crippen molar-refractivity contribution in [3.8, 4) is 5.69 Å². The van der Waals surface area contributed by atoms with E-state index in [1.807, 2.05) is 79.2 Å². The third kappa shape index (κ3) is 4.32. The molecule has 1 saturated carbocycles. The van der Waals surface area contributed by atoms with E-state index in [1.54, 1.807) is 4.90 Å². The third-order valence-electron chi connectivity index (χ3n) is 5.19. The molecule has 0 spiro atoms. The molecule has 6 nitrogen and oxygen atoms in total. The summed E-state index contributed by atoms with van der Waals surface area (Å²) >= 11 is 0. The summed E-state index contributed by atoms with van der Waals surface area (Å²) < 4.78 is 1.84. The zero-order valence-corrected chi connectivity index (χ0v) is 16.7. The van der Waals surface area contributed by atoms with E-state index < -0.39 is 6.10 Å². The molecule has 1 aromatic heterocycles. The lowest BCUT2D eigenvalue weighted by Gasteiger charge is -2.26. The molecule has 0 bridgehead atoms. The first-order chi connectivity index (χ1) is 14.0. The van der Waals surface area contributed by atoms with Gasteiger partial charge in [0.05, 0.1) is 29.7 Å². The number of hydrogen-bond donors (Lipinski definition) is 2. The second-order valence-corrected chi connectivity index (χ2v) is 7.60. The summed E-state index contributed by atoms with van der Waals surface area (Å²) in [5.41, 5.74) is 4.26. The quantitative estimate of drug-likeness (QED) is 0.662. The van der Waals surface area contributed by atoms with Crippen LogP contribution in [0.25, 0.3) is 5.69 Å². The maximum Gasteiger partial charge on any atom is 0.322 e.